The molecule has 14 heavy (non-hydrogen) atoms. The van der Waals surface area contributed by atoms with Gasteiger partial charge in [0.05, 0.1) is 4.47 Å². The average Bonchev–Trinajstić information content (AvgIpc) is 2.19. The van der Waals surface area contributed by atoms with Gasteiger partial charge in [-0.3, -0.25) is 0 Å². The molecule has 0 aliphatic rings. The standard InChI is InChI=1S/C9H6BrFN2O/c10-8-2-1-6(3-9(8)11)7(5-14)4-13-12/h1-5,7H. The minimum absolute atomic E-state index is 0.326. The molecule has 1 unspecified atom stereocenters. The molecular weight excluding hydrogens is 251 g/mol. The van der Waals surface area contributed by atoms with E-state index in [2.05, 4.69) is 20.7 Å². The lowest BCUT2D eigenvalue weighted by Crippen LogP contribution is -2.02. The highest BCUT2D eigenvalue weighted by Crippen LogP contribution is 2.19. The molecule has 0 aliphatic carbocycles. The third-order valence-corrected chi connectivity index (χ3v) is 2.35. The highest BCUT2D eigenvalue weighted by Gasteiger charge is 2.13. The van der Waals surface area contributed by atoms with E-state index in [0.717, 1.165) is 6.21 Å². The minimum Gasteiger partial charge on any atom is -0.362 e. The summed E-state index contributed by atoms with van der Waals surface area (Å²) in [5.41, 5.74) is 8.70. The molecule has 0 aliphatic heterocycles. The van der Waals surface area contributed by atoms with E-state index in [1.54, 1.807) is 6.07 Å². The molecule has 1 aromatic carbocycles. The maximum Gasteiger partial charge on any atom is 0.271 e. The van der Waals surface area contributed by atoms with E-state index >= 15 is 0 Å². The Morgan fingerprint density at radius 1 is 1.57 bits per heavy atom. The number of hydrogen-bond donors (Lipinski definition) is 0. The van der Waals surface area contributed by atoms with Gasteiger partial charge in [0.1, 0.15) is 18.0 Å². The van der Waals surface area contributed by atoms with E-state index in [1.807, 2.05) is 0 Å². The number of aldehydes is 1. The molecule has 0 heterocycles. The summed E-state index contributed by atoms with van der Waals surface area (Å²) < 4.78 is 13.4. The van der Waals surface area contributed by atoms with Crippen molar-refractivity contribution in [3.05, 3.63) is 39.6 Å². The molecule has 0 N–H and O–H groups in total. The number of hydrogen-bond acceptors (Lipinski definition) is 1. The first kappa shape index (κ1) is 10.8. The van der Waals surface area contributed by atoms with Gasteiger partial charge in [-0.05, 0) is 33.6 Å². The van der Waals surface area contributed by atoms with Gasteiger partial charge in [-0.2, -0.15) is 4.79 Å². The van der Waals surface area contributed by atoms with Crippen molar-refractivity contribution in [3.8, 4) is 0 Å². The van der Waals surface area contributed by atoms with Gasteiger partial charge in [-0.15, -0.1) is 0 Å². The lowest BCUT2D eigenvalue weighted by molar-refractivity contribution is -0.108. The topological polar surface area (TPSA) is 53.5 Å². The Morgan fingerprint density at radius 2 is 2.29 bits per heavy atom. The summed E-state index contributed by atoms with van der Waals surface area (Å²) in [4.78, 5) is 13.3. The second-order valence-electron chi connectivity index (χ2n) is 2.60. The molecule has 1 aromatic rings. The summed E-state index contributed by atoms with van der Waals surface area (Å²) in [6.07, 6.45) is 1.61. The van der Waals surface area contributed by atoms with Crippen molar-refractivity contribution in [3.63, 3.8) is 0 Å². The molecule has 3 nitrogen and oxygen atoms in total. The number of carbonyl (C=O) groups is 1. The minimum atomic E-state index is -0.720. The summed E-state index contributed by atoms with van der Waals surface area (Å²) >= 11 is 2.99. The Balaban J connectivity index is 3.11. The third kappa shape index (κ3) is 2.34. The van der Waals surface area contributed by atoms with Crippen LogP contribution in [0.15, 0.2) is 22.7 Å². The molecule has 0 spiro atoms. The average molecular weight is 257 g/mol. The first-order valence-corrected chi connectivity index (χ1v) is 4.56. The fraction of sp³-hybridized carbons (Fsp3) is 0.111. The Morgan fingerprint density at radius 3 is 2.79 bits per heavy atom. The second kappa shape index (κ2) is 4.79. The maximum absolute atomic E-state index is 13.0. The number of nitrogens with zero attached hydrogens (tertiary/aromatic N) is 2. The van der Waals surface area contributed by atoms with Gasteiger partial charge in [0.2, 0.25) is 0 Å². The fourth-order valence-electron chi connectivity index (χ4n) is 0.991. The maximum atomic E-state index is 13.0. The van der Waals surface area contributed by atoms with Crippen molar-refractivity contribution < 1.29 is 14.0 Å². The SMILES string of the molecule is [N-]=[N+]=CC(C=O)c1ccc(Br)c(F)c1. The number of halogens is 2. The molecule has 0 radical (unpaired) electrons. The van der Waals surface area contributed by atoms with Crippen LogP contribution >= 0.6 is 15.9 Å². The number of benzene rings is 1. The smallest absolute Gasteiger partial charge is 0.271 e. The van der Waals surface area contributed by atoms with Gasteiger partial charge < -0.3 is 10.3 Å². The van der Waals surface area contributed by atoms with E-state index in [9.17, 15) is 9.18 Å². The molecule has 1 atom stereocenters. The van der Waals surface area contributed by atoms with Crippen LogP contribution in [-0.4, -0.2) is 17.3 Å². The van der Waals surface area contributed by atoms with Crippen molar-refractivity contribution in [1.29, 1.82) is 0 Å². The normalized spacial score (nSPS) is 11.6. The molecule has 72 valence electrons. The van der Waals surface area contributed by atoms with Crippen LogP contribution in [0.1, 0.15) is 11.5 Å². The lowest BCUT2D eigenvalue weighted by atomic mass is 10.0. The summed E-state index contributed by atoms with van der Waals surface area (Å²) in [7, 11) is 0. The fourth-order valence-corrected chi connectivity index (χ4v) is 1.24. The molecule has 0 fully saturated rings. The monoisotopic (exact) mass is 256 g/mol. The van der Waals surface area contributed by atoms with Gasteiger partial charge in [0, 0.05) is 0 Å². The van der Waals surface area contributed by atoms with Crippen LogP contribution in [0, 0.1) is 5.82 Å². The van der Waals surface area contributed by atoms with Crippen molar-refractivity contribution in [1.82, 2.24) is 0 Å². The molecule has 0 amide bonds. The highest BCUT2D eigenvalue weighted by atomic mass is 79.9. The zero-order chi connectivity index (χ0) is 10.6. The predicted molar refractivity (Wildman–Crippen MR) is 52.6 cm³/mol. The van der Waals surface area contributed by atoms with E-state index in [4.69, 9.17) is 5.53 Å². The van der Waals surface area contributed by atoms with E-state index < -0.39 is 11.7 Å². The van der Waals surface area contributed by atoms with Crippen molar-refractivity contribution in [2.45, 2.75) is 5.92 Å². The summed E-state index contributed by atoms with van der Waals surface area (Å²) in [5.74, 6) is -1.18. The van der Waals surface area contributed by atoms with Gasteiger partial charge in [0.25, 0.3) is 6.21 Å². The molecule has 0 bridgehead atoms. The van der Waals surface area contributed by atoms with Crippen LogP contribution in [-0.2, 0) is 4.79 Å². The van der Waals surface area contributed by atoms with Crippen LogP contribution in [0.2, 0.25) is 0 Å². The molecule has 0 aromatic heterocycles. The van der Waals surface area contributed by atoms with Crippen LogP contribution < -0.4 is 0 Å². The highest BCUT2D eigenvalue weighted by molar-refractivity contribution is 9.10. The Labute approximate surface area is 88.3 Å². The Bertz CT molecular complexity index is 402. The van der Waals surface area contributed by atoms with Crippen LogP contribution in [0.3, 0.4) is 0 Å². The van der Waals surface area contributed by atoms with Gasteiger partial charge >= 0.3 is 0 Å². The van der Waals surface area contributed by atoms with E-state index in [-0.39, 0.29) is 0 Å². The van der Waals surface area contributed by atoms with Crippen molar-refractivity contribution in [2.75, 3.05) is 0 Å². The zero-order valence-corrected chi connectivity index (χ0v) is 8.61. The Kier molecular flexibility index (Phi) is 3.68. The first-order chi connectivity index (χ1) is 6.69. The third-order valence-electron chi connectivity index (χ3n) is 1.70. The zero-order valence-electron chi connectivity index (χ0n) is 7.02. The number of rotatable bonds is 3. The van der Waals surface area contributed by atoms with Crippen LogP contribution in [0.25, 0.3) is 5.53 Å². The van der Waals surface area contributed by atoms with Crippen molar-refractivity contribution >= 4 is 28.4 Å². The van der Waals surface area contributed by atoms with E-state index in [0.29, 0.717) is 16.3 Å². The summed E-state index contributed by atoms with van der Waals surface area (Å²) in [6.45, 7) is 0. The first-order valence-electron chi connectivity index (χ1n) is 3.77. The molecule has 0 saturated heterocycles. The van der Waals surface area contributed by atoms with Gasteiger partial charge in [0.15, 0.2) is 0 Å². The number of carbonyl (C=O) groups excluding carboxylic acids is 1. The van der Waals surface area contributed by atoms with Crippen LogP contribution in [0.4, 0.5) is 4.39 Å². The summed E-state index contributed by atoms with van der Waals surface area (Å²) in [5, 5.41) is 0. The predicted octanol–water partition coefficient (Wildman–Crippen LogP) is 2.17. The Hall–Kier alpha value is -1.32. The molecular formula is C9H6BrFN2O. The van der Waals surface area contributed by atoms with Crippen molar-refractivity contribution in [2.24, 2.45) is 0 Å². The quantitative estimate of drug-likeness (QED) is 0.354. The van der Waals surface area contributed by atoms with Gasteiger partial charge in [-0.25, -0.2) is 4.39 Å². The largest absolute Gasteiger partial charge is 0.362 e. The summed E-state index contributed by atoms with van der Waals surface area (Å²) in [6, 6.07) is 4.28. The lowest BCUT2D eigenvalue weighted by Gasteiger charge is -2.01. The molecule has 0 saturated carbocycles. The van der Waals surface area contributed by atoms with E-state index in [1.165, 1.54) is 12.1 Å². The van der Waals surface area contributed by atoms with Crippen LogP contribution in [0.5, 0.6) is 0 Å². The second-order valence-corrected chi connectivity index (χ2v) is 3.45. The molecule has 5 heteroatoms. The molecule has 1 rings (SSSR count). The van der Waals surface area contributed by atoms with Gasteiger partial charge in [-0.1, -0.05) is 6.07 Å².